The summed E-state index contributed by atoms with van der Waals surface area (Å²) in [6.45, 7) is 4.14. The number of anilines is 1. The van der Waals surface area contributed by atoms with Gasteiger partial charge in [0.05, 0.1) is 0 Å². The average Bonchev–Trinajstić information content (AvgIpc) is 2.57. The maximum absolute atomic E-state index is 11.8. The fraction of sp³-hybridized carbons (Fsp3) is 0.471. The number of hydrogen-bond donors (Lipinski definition) is 4. The molecule has 0 aliphatic heterocycles. The molecule has 1 aliphatic carbocycles. The van der Waals surface area contributed by atoms with E-state index in [0.29, 0.717) is 22.8 Å². The van der Waals surface area contributed by atoms with Crippen molar-refractivity contribution in [2.75, 3.05) is 5.32 Å². The topological polar surface area (TPSA) is 82.3 Å². The lowest BCUT2D eigenvalue weighted by Crippen LogP contribution is -2.53. The Labute approximate surface area is 147 Å². The molecule has 0 spiro atoms. The van der Waals surface area contributed by atoms with E-state index in [-0.39, 0.29) is 0 Å². The molecule has 0 aromatic heterocycles. The van der Waals surface area contributed by atoms with Crippen molar-refractivity contribution in [1.29, 1.82) is 0 Å². The van der Waals surface area contributed by atoms with Gasteiger partial charge in [0.15, 0.2) is 5.11 Å². The van der Waals surface area contributed by atoms with Gasteiger partial charge in [0.25, 0.3) is 0 Å². The normalized spacial score (nSPS) is 19.9. The first-order chi connectivity index (χ1) is 11.5. The summed E-state index contributed by atoms with van der Waals surface area (Å²) in [5, 5.41) is 6.04. The molecular weight excluding hydrogens is 324 g/mol. The summed E-state index contributed by atoms with van der Waals surface area (Å²) in [6, 6.07) is 7.50. The zero-order chi connectivity index (χ0) is 17.5. The predicted molar refractivity (Wildman–Crippen MR) is 98.2 cm³/mol. The highest BCUT2D eigenvalue weighted by Crippen LogP contribution is 2.23. The Kier molecular flexibility index (Phi) is 6.54. The third-order valence-electron chi connectivity index (χ3n) is 4.23. The van der Waals surface area contributed by atoms with Gasteiger partial charge in [-0.1, -0.05) is 37.5 Å². The second-order valence-corrected chi connectivity index (χ2v) is 6.65. The number of rotatable bonds is 2. The van der Waals surface area contributed by atoms with Crippen LogP contribution >= 0.6 is 12.2 Å². The zero-order valence-corrected chi connectivity index (χ0v) is 14.8. The highest BCUT2D eigenvalue weighted by molar-refractivity contribution is 7.80. The smallest absolute Gasteiger partial charge is 0.328 e. The van der Waals surface area contributed by atoms with Crippen molar-refractivity contribution in [2.24, 2.45) is 5.92 Å². The minimum atomic E-state index is -0.795. The molecule has 0 saturated heterocycles. The molecule has 1 saturated carbocycles. The third-order valence-corrected chi connectivity index (χ3v) is 4.45. The molecule has 1 aliphatic rings. The molecule has 24 heavy (non-hydrogen) atoms. The molecule has 0 heterocycles. The van der Waals surface area contributed by atoms with Crippen LogP contribution in [0.15, 0.2) is 24.3 Å². The van der Waals surface area contributed by atoms with Crippen molar-refractivity contribution in [1.82, 2.24) is 16.2 Å². The van der Waals surface area contributed by atoms with Crippen molar-refractivity contribution < 1.29 is 9.59 Å². The summed E-state index contributed by atoms with van der Waals surface area (Å²) in [5.74, 6) is -1.00. The Bertz CT molecular complexity index is 603. The van der Waals surface area contributed by atoms with Crippen molar-refractivity contribution in [2.45, 2.75) is 45.6 Å². The van der Waals surface area contributed by atoms with E-state index in [1.807, 2.05) is 19.1 Å². The highest BCUT2D eigenvalue weighted by Gasteiger charge is 2.22. The summed E-state index contributed by atoms with van der Waals surface area (Å²) < 4.78 is 0. The fourth-order valence-electron chi connectivity index (χ4n) is 2.73. The molecule has 2 atom stereocenters. The Hall–Kier alpha value is -2.15. The minimum Gasteiger partial charge on any atom is -0.358 e. The van der Waals surface area contributed by atoms with Gasteiger partial charge in [0.2, 0.25) is 0 Å². The Morgan fingerprint density at radius 1 is 1.04 bits per heavy atom. The summed E-state index contributed by atoms with van der Waals surface area (Å²) in [7, 11) is 0. The van der Waals surface area contributed by atoms with Crippen LogP contribution in [0.25, 0.3) is 0 Å². The van der Waals surface area contributed by atoms with Crippen LogP contribution in [0.2, 0.25) is 0 Å². The van der Waals surface area contributed by atoms with E-state index < -0.39 is 11.8 Å². The lowest BCUT2D eigenvalue weighted by atomic mass is 9.86. The van der Waals surface area contributed by atoms with Crippen molar-refractivity contribution in [3.8, 4) is 0 Å². The van der Waals surface area contributed by atoms with Crippen molar-refractivity contribution in [3.05, 3.63) is 29.8 Å². The van der Waals surface area contributed by atoms with Gasteiger partial charge in [-0.2, -0.15) is 0 Å². The molecule has 6 nitrogen and oxygen atoms in total. The van der Waals surface area contributed by atoms with E-state index in [1.165, 1.54) is 19.3 Å². The molecule has 1 aromatic carbocycles. The number of aryl methyl sites for hydroxylation is 1. The second-order valence-electron chi connectivity index (χ2n) is 6.24. The summed E-state index contributed by atoms with van der Waals surface area (Å²) in [4.78, 5) is 23.6. The van der Waals surface area contributed by atoms with Crippen LogP contribution in [0, 0.1) is 12.8 Å². The summed E-state index contributed by atoms with van der Waals surface area (Å²) in [6.07, 6.45) is 4.65. The highest BCUT2D eigenvalue weighted by atomic mass is 32.1. The third kappa shape index (κ3) is 5.49. The van der Waals surface area contributed by atoms with Crippen molar-refractivity contribution >= 4 is 34.8 Å². The summed E-state index contributed by atoms with van der Waals surface area (Å²) in [5.41, 5.74) is 6.54. The molecule has 0 bridgehead atoms. The Morgan fingerprint density at radius 2 is 1.71 bits per heavy atom. The first kappa shape index (κ1) is 18.2. The van der Waals surface area contributed by atoms with Gasteiger partial charge in [-0.05, 0) is 50.0 Å². The number of hydrogen-bond acceptors (Lipinski definition) is 3. The van der Waals surface area contributed by atoms with Crippen LogP contribution < -0.4 is 21.5 Å². The van der Waals surface area contributed by atoms with E-state index in [4.69, 9.17) is 12.2 Å². The molecule has 2 amide bonds. The van der Waals surface area contributed by atoms with Crippen LogP contribution in [-0.2, 0) is 9.59 Å². The van der Waals surface area contributed by atoms with Crippen LogP contribution in [0.5, 0.6) is 0 Å². The number of nitrogens with one attached hydrogen (secondary N) is 4. The van der Waals surface area contributed by atoms with Gasteiger partial charge >= 0.3 is 11.8 Å². The molecule has 1 fully saturated rings. The molecular formula is C17H24N4O2S. The first-order valence-corrected chi connectivity index (χ1v) is 8.61. The lowest BCUT2D eigenvalue weighted by molar-refractivity contribution is -0.136. The number of amides is 2. The van der Waals surface area contributed by atoms with Crippen molar-refractivity contribution in [3.63, 3.8) is 0 Å². The molecule has 2 rings (SSSR count). The SMILES string of the molecule is Cc1ccc(NC(=O)C(=O)NNC(=S)N[C@H]2CCCC[C@@H]2C)cc1. The molecule has 0 unspecified atom stereocenters. The van der Waals surface area contributed by atoms with Crippen LogP contribution in [0.1, 0.15) is 38.2 Å². The predicted octanol–water partition coefficient (Wildman–Crippen LogP) is 2.01. The Morgan fingerprint density at radius 3 is 2.38 bits per heavy atom. The van der Waals surface area contributed by atoms with Crippen LogP contribution in [0.3, 0.4) is 0 Å². The summed E-state index contributed by atoms with van der Waals surface area (Å²) >= 11 is 5.17. The number of carbonyl (C=O) groups is 2. The number of thiocarbonyl (C=S) groups is 1. The monoisotopic (exact) mass is 348 g/mol. The molecule has 130 valence electrons. The molecule has 0 radical (unpaired) electrons. The molecule has 4 N–H and O–H groups in total. The van der Waals surface area contributed by atoms with E-state index in [1.54, 1.807) is 12.1 Å². The van der Waals surface area contributed by atoms with E-state index in [0.717, 1.165) is 12.0 Å². The van der Waals surface area contributed by atoms with Gasteiger partial charge in [-0.15, -0.1) is 0 Å². The lowest BCUT2D eigenvalue weighted by Gasteiger charge is -2.30. The maximum atomic E-state index is 11.8. The van der Waals surface area contributed by atoms with E-state index in [2.05, 4.69) is 28.4 Å². The largest absolute Gasteiger partial charge is 0.358 e. The minimum absolute atomic E-state index is 0.303. The number of benzene rings is 1. The first-order valence-electron chi connectivity index (χ1n) is 8.20. The molecule has 1 aromatic rings. The van der Waals surface area contributed by atoms with Gasteiger partial charge in [0.1, 0.15) is 0 Å². The van der Waals surface area contributed by atoms with E-state index in [9.17, 15) is 9.59 Å². The average molecular weight is 348 g/mol. The van der Waals surface area contributed by atoms with Gasteiger partial charge in [-0.25, -0.2) is 0 Å². The quantitative estimate of drug-likeness (QED) is 0.373. The number of carbonyl (C=O) groups excluding carboxylic acids is 2. The van der Waals surface area contributed by atoms with Gasteiger partial charge in [0, 0.05) is 11.7 Å². The molecule has 7 heteroatoms. The van der Waals surface area contributed by atoms with Crippen LogP contribution in [0.4, 0.5) is 5.69 Å². The van der Waals surface area contributed by atoms with E-state index >= 15 is 0 Å². The standard InChI is InChI=1S/C17H24N4O2S/c1-11-7-9-13(10-8-11)18-15(22)16(23)20-21-17(24)19-14-6-4-3-5-12(14)2/h7-10,12,14H,3-6H2,1-2H3,(H,18,22)(H,20,23)(H2,19,21,24)/t12-,14-/m0/s1. The van der Waals surface area contributed by atoms with Crippen LogP contribution in [-0.4, -0.2) is 23.0 Å². The zero-order valence-electron chi connectivity index (χ0n) is 14.0. The van der Waals surface area contributed by atoms with Gasteiger partial charge in [-0.3, -0.25) is 20.4 Å². The maximum Gasteiger partial charge on any atom is 0.328 e. The second kappa shape index (κ2) is 8.63. The number of hydrazine groups is 1. The fourth-order valence-corrected chi connectivity index (χ4v) is 2.93. The Balaban J connectivity index is 1.74. The van der Waals surface area contributed by atoms with Gasteiger partial charge < -0.3 is 10.6 Å².